The number of aromatic nitrogens is 2. The Balaban J connectivity index is 1.16. The van der Waals surface area contributed by atoms with Gasteiger partial charge in [0.2, 0.25) is 0 Å². The molecular weight excluding hydrogens is 320 g/mol. The minimum atomic E-state index is 0.0938. The Bertz CT molecular complexity index is 573. The van der Waals surface area contributed by atoms with Gasteiger partial charge in [-0.15, -0.1) is 0 Å². The molecule has 0 aromatic carbocycles. The molecule has 2 saturated carbocycles. The van der Waals surface area contributed by atoms with Crippen molar-refractivity contribution in [3.63, 3.8) is 0 Å². The van der Waals surface area contributed by atoms with E-state index < -0.39 is 0 Å². The summed E-state index contributed by atoms with van der Waals surface area (Å²) in [7, 11) is 0. The van der Waals surface area contributed by atoms with Crippen LogP contribution in [-0.4, -0.2) is 46.3 Å². The SMILES string of the molecule is O=C(NC1CCCCC1)N1CCC(OCc2nc(C3CC3)no2)CC1. The number of carbonyl (C=O) groups is 1. The van der Waals surface area contributed by atoms with E-state index in [-0.39, 0.29) is 12.1 Å². The summed E-state index contributed by atoms with van der Waals surface area (Å²) in [5, 5.41) is 7.20. The second-order valence-electron chi connectivity index (χ2n) is 7.60. The van der Waals surface area contributed by atoms with E-state index in [9.17, 15) is 4.79 Å². The fraction of sp³-hybridized carbons (Fsp3) is 0.833. The van der Waals surface area contributed by atoms with E-state index >= 15 is 0 Å². The van der Waals surface area contributed by atoms with Crippen LogP contribution in [0.1, 0.15) is 75.4 Å². The Morgan fingerprint density at radius 1 is 1.12 bits per heavy atom. The lowest BCUT2D eigenvalue weighted by atomic mass is 9.96. The zero-order valence-electron chi connectivity index (χ0n) is 14.8. The standard InChI is InChI=1S/C18H28N4O3/c23-18(19-14-4-2-1-3-5-14)22-10-8-15(9-11-22)24-12-16-20-17(21-25-16)13-6-7-13/h13-15H,1-12H2,(H,19,23). The van der Waals surface area contributed by atoms with Crippen LogP contribution in [0, 0.1) is 0 Å². The van der Waals surface area contributed by atoms with Gasteiger partial charge in [0.15, 0.2) is 5.82 Å². The van der Waals surface area contributed by atoms with Crippen molar-refractivity contribution < 1.29 is 14.1 Å². The maximum absolute atomic E-state index is 12.4. The monoisotopic (exact) mass is 348 g/mol. The smallest absolute Gasteiger partial charge is 0.317 e. The molecule has 4 rings (SSSR count). The second-order valence-corrected chi connectivity index (χ2v) is 7.60. The largest absolute Gasteiger partial charge is 0.368 e. The maximum Gasteiger partial charge on any atom is 0.317 e. The summed E-state index contributed by atoms with van der Waals surface area (Å²) in [5.74, 6) is 1.90. The molecule has 1 N–H and O–H groups in total. The summed E-state index contributed by atoms with van der Waals surface area (Å²) in [6, 6.07) is 0.463. The average Bonchev–Trinajstić information content (AvgIpc) is 3.39. The molecule has 2 amide bonds. The molecule has 1 saturated heterocycles. The number of hydrogen-bond donors (Lipinski definition) is 1. The van der Waals surface area contributed by atoms with Crippen molar-refractivity contribution in [3.8, 4) is 0 Å². The molecule has 0 spiro atoms. The number of carbonyl (C=O) groups excluding carboxylic acids is 1. The van der Waals surface area contributed by atoms with E-state index in [1.54, 1.807) is 0 Å². The molecule has 1 aliphatic heterocycles. The fourth-order valence-corrected chi connectivity index (χ4v) is 3.76. The predicted molar refractivity (Wildman–Crippen MR) is 91.1 cm³/mol. The lowest BCUT2D eigenvalue weighted by Crippen LogP contribution is -2.49. The summed E-state index contributed by atoms with van der Waals surface area (Å²) in [6.45, 7) is 1.87. The lowest BCUT2D eigenvalue weighted by Gasteiger charge is -2.33. The Morgan fingerprint density at radius 3 is 2.60 bits per heavy atom. The highest BCUT2D eigenvalue weighted by Crippen LogP contribution is 2.38. The first-order valence-electron chi connectivity index (χ1n) is 9.77. The van der Waals surface area contributed by atoms with Gasteiger partial charge in [0.05, 0.1) is 6.10 Å². The molecule has 2 heterocycles. The summed E-state index contributed by atoms with van der Waals surface area (Å²) in [4.78, 5) is 18.7. The number of amides is 2. The Kier molecular flexibility index (Phi) is 5.20. The third-order valence-corrected chi connectivity index (χ3v) is 5.53. The van der Waals surface area contributed by atoms with Gasteiger partial charge >= 0.3 is 6.03 Å². The quantitative estimate of drug-likeness (QED) is 0.885. The third kappa shape index (κ3) is 4.51. The molecule has 0 radical (unpaired) electrons. The van der Waals surface area contributed by atoms with Crippen LogP contribution in [0.2, 0.25) is 0 Å². The highest BCUT2D eigenvalue weighted by Gasteiger charge is 2.29. The van der Waals surface area contributed by atoms with E-state index in [1.165, 1.54) is 32.1 Å². The van der Waals surface area contributed by atoms with E-state index in [4.69, 9.17) is 9.26 Å². The van der Waals surface area contributed by atoms with Gasteiger partial charge < -0.3 is 19.5 Å². The van der Waals surface area contributed by atoms with Gasteiger partial charge in [-0.3, -0.25) is 0 Å². The Hall–Kier alpha value is -1.63. The third-order valence-electron chi connectivity index (χ3n) is 5.53. The van der Waals surface area contributed by atoms with Crippen LogP contribution >= 0.6 is 0 Å². The van der Waals surface area contributed by atoms with Crippen molar-refractivity contribution >= 4 is 6.03 Å². The molecule has 1 aromatic rings. The molecule has 138 valence electrons. The van der Waals surface area contributed by atoms with Crippen molar-refractivity contribution in [1.29, 1.82) is 0 Å². The van der Waals surface area contributed by atoms with Crippen LogP contribution in [0.4, 0.5) is 4.79 Å². The van der Waals surface area contributed by atoms with E-state index in [2.05, 4.69) is 15.5 Å². The molecular formula is C18H28N4O3. The van der Waals surface area contributed by atoms with Gasteiger partial charge in [-0.05, 0) is 38.5 Å². The first-order chi connectivity index (χ1) is 12.3. The number of nitrogens with zero attached hydrogens (tertiary/aromatic N) is 3. The minimum Gasteiger partial charge on any atom is -0.368 e. The number of likely N-dealkylation sites (tertiary alicyclic amines) is 1. The van der Waals surface area contributed by atoms with Crippen LogP contribution in [0.5, 0.6) is 0 Å². The number of urea groups is 1. The molecule has 3 aliphatic rings. The molecule has 7 nitrogen and oxygen atoms in total. The van der Waals surface area contributed by atoms with Gasteiger partial charge in [-0.2, -0.15) is 4.98 Å². The van der Waals surface area contributed by atoms with Crippen molar-refractivity contribution in [2.45, 2.75) is 82.5 Å². The number of nitrogens with one attached hydrogen (secondary N) is 1. The average molecular weight is 348 g/mol. The van der Waals surface area contributed by atoms with Gasteiger partial charge in [0, 0.05) is 25.0 Å². The zero-order chi connectivity index (χ0) is 17.1. The van der Waals surface area contributed by atoms with Crippen molar-refractivity contribution in [2.75, 3.05) is 13.1 Å². The van der Waals surface area contributed by atoms with Crippen molar-refractivity contribution in [2.24, 2.45) is 0 Å². The maximum atomic E-state index is 12.4. The molecule has 1 aromatic heterocycles. The highest BCUT2D eigenvalue weighted by atomic mass is 16.5. The van der Waals surface area contributed by atoms with Crippen LogP contribution in [0.25, 0.3) is 0 Å². The molecule has 2 aliphatic carbocycles. The van der Waals surface area contributed by atoms with E-state index in [1.807, 2.05) is 4.90 Å². The topological polar surface area (TPSA) is 80.5 Å². The molecule has 0 atom stereocenters. The molecule has 0 unspecified atom stereocenters. The van der Waals surface area contributed by atoms with Gasteiger partial charge in [0.1, 0.15) is 6.61 Å². The normalized spacial score (nSPS) is 23.0. The number of hydrogen-bond acceptors (Lipinski definition) is 5. The van der Waals surface area contributed by atoms with Crippen molar-refractivity contribution in [1.82, 2.24) is 20.4 Å². The highest BCUT2D eigenvalue weighted by molar-refractivity contribution is 5.74. The van der Waals surface area contributed by atoms with E-state index in [0.29, 0.717) is 24.5 Å². The summed E-state index contributed by atoms with van der Waals surface area (Å²) in [6.07, 6.45) is 10.2. The fourth-order valence-electron chi connectivity index (χ4n) is 3.76. The van der Waals surface area contributed by atoms with E-state index in [0.717, 1.165) is 44.6 Å². The number of ether oxygens (including phenoxy) is 1. The van der Waals surface area contributed by atoms with Crippen LogP contribution in [0.15, 0.2) is 4.52 Å². The summed E-state index contributed by atoms with van der Waals surface area (Å²) in [5.41, 5.74) is 0. The van der Waals surface area contributed by atoms with Crippen molar-refractivity contribution in [3.05, 3.63) is 11.7 Å². The van der Waals surface area contributed by atoms with Crippen LogP contribution in [0.3, 0.4) is 0 Å². The number of rotatable bonds is 5. The molecule has 0 bridgehead atoms. The molecule has 7 heteroatoms. The minimum absolute atomic E-state index is 0.0938. The summed E-state index contributed by atoms with van der Waals surface area (Å²) < 4.78 is 11.1. The lowest BCUT2D eigenvalue weighted by molar-refractivity contribution is -0.00632. The molecule has 3 fully saturated rings. The first-order valence-corrected chi connectivity index (χ1v) is 9.77. The Morgan fingerprint density at radius 2 is 1.88 bits per heavy atom. The van der Waals surface area contributed by atoms with Gasteiger partial charge in [-0.25, -0.2) is 4.79 Å². The van der Waals surface area contributed by atoms with Crippen LogP contribution < -0.4 is 5.32 Å². The zero-order valence-corrected chi connectivity index (χ0v) is 14.8. The first kappa shape index (κ1) is 16.8. The summed E-state index contributed by atoms with van der Waals surface area (Å²) >= 11 is 0. The second kappa shape index (κ2) is 7.72. The molecule has 25 heavy (non-hydrogen) atoms. The van der Waals surface area contributed by atoms with Gasteiger partial charge in [-0.1, -0.05) is 24.4 Å². The Labute approximate surface area is 148 Å². The van der Waals surface area contributed by atoms with Gasteiger partial charge in [0.25, 0.3) is 5.89 Å². The number of piperidine rings is 1. The van der Waals surface area contributed by atoms with Crippen LogP contribution in [-0.2, 0) is 11.3 Å². The predicted octanol–water partition coefficient (Wildman–Crippen LogP) is 2.97.